The summed E-state index contributed by atoms with van der Waals surface area (Å²) >= 11 is 0. The minimum atomic E-state index is -1.16. The Balaban J connectivity index is 1.80. The van der Waals surface area contributed by atoms with Crippen molar-refractivity contribution in [2.24, 2.45) is 5.18 Å². The number of aliphatic hydroxyl groups is 2. The summed E-state index contributed by atoms with van der Waals surface area (Å²) in [5, 5.41) is 26.4. The number of nitroso groups, excluding NO2 is 1. The SMILES string of the molecule is CN(C)CCCc1cc(C(O)c2ccc(CN=O)c(C(c3ccccc3)(c3ccccc3)c3ccccc3)c2CO)ccc1F. The standard InChI is InChI=1S/C39H39FN2O3/c1-42(2)24-12-13-28-25-29(21-23-36(28)40)38(44)34-22-20-30(26-41-45)37(35(34)27-43)39(31-14-6-3-7-15-31,32-16-8-4-9-17-32)33-18-10-5-11-19-33/h3-11,14-23,25,38,43-44H,12-13,24,26-27H2,1-2H3. The van der Waals surface area contributed by atoms with E-state index in [1.807, 2.05) is 111 Å². The predicted octanol–water partition coefficient (Wildman–Crippen LogP) is 7.54. The van der Waals surface area contributed by atoms with Crippen molar-refractivity contribution in [1.29, 1.82) is 0 Å². The first-order valence-electron chi connectivity index (χ1n) is 15.2. The van der Waals surface area contributed by atoms with Crippen LogP contribution in [0.4, 0.5) is 4.39 Å². The quantitative estimate of drug-likeness (QED) is 0.108. The minimum absolute atomic E-state index is 0.125. The Kier molecular flexibility index (Phi) is 10.3. The molecular weight excluding hydrogens is 563 g/mol. The lowest BCUT2D eigenvalue weighted by Crippen LogP contribution is -2.34. The Morgan fingerprint density at radius 3 is 1.82 bits per heavy atom. The van der Waals surface area contributed by atoms with E-state index in [0.717, 1.165) is 29.7 Å². The molecule has 0 spiro atoms. The van der Waals surface area contributed by atoms with Crippen LogP contribution >= 0.6 is 0 Å². The molecule has 0 aliphatic carbocycles. The number of nitrogens with zero attached hydrogens (tertiary/aromatic N) is 2. The minimum Gasteiger partial charge on any atom is -0.392 e. The normalized spacial score (nSPS) is 12.3. The molecule has 45 heavy (non-hydrogen) atoms. The van der Waals surface area contributed by atoms with Gasteiger partial charge in [0.05, 0.1) is 12.0 Å². The van der Waals surface area contributed by atoms with Gasteiger partial charge in [0.25, 0.3) is 0 Å². The first-order chi connectivity index (χ1) is 21.9. The van der Waals surface area contributed by atoms with Crippen LogP contribution in [0.2, 0.25) is 0 Å². The molecule has 1 unspecified atom stereocenters. The summed E-state index contributed by atoms with van der Waals surface area (Å²) in [4.78, 5) is 14.0. The average molecular weight is 603 g/mol. The molecule has 0 aromatic heterocycles. The summed E-state index contributed by atoms with van der Waals surface area (Å²) in [6, 6.07) is 38.2. The average Bonchev–Trinajstić information content (AvgIpc) is 3.07. The largest absolute Gasteiger partial charge is 0.392 e. The Bertz CT molecular complexity index is 1610. The van der Waals surface area contributed by atoms with Gasteiger partial charge in [0, 0.05) is 0 Å². The Morgan fingerprint density at radius 2 is 1.33 bits per heavy atom. The number of aryl methyl sites for hydroxylation is 1. The third kappa shape index (κ3) is 6.50. The fourth-order valence-electron chi connectivity index (χ4n) is 6.53. The van der Waals surface area contributed by atoms with E-state index >= 15 is 0 Å². The van der Waals surface area contributed by atoms with Gasteiger partial charge in [-0.25, -0.2) is 4.39 Å². The van der Waals surface area contributed by atoms with Crippen LogP contribution < -0.4 is 0 Å². The van der Waals surface area contributed by atoms with Gasteiger partial charge in [0.1, 0.15) is 18.5 Å². The lowest BCUT2D eigenvalue weighted by molar-refractivity contribution is 0.212. The van der Waals surface area contributed by atoms with Gasteiger partial charge in [0.2, 0.25) is 0 Å². The second-order valence-electron chi connectivity index (χ2n) is 11.6. The van der Waals surface area contributed by atoms with Crippen molar-refractivity contribution in [3.8, 4) is 0 Å². The van der Waals surface area contributed by atoms with Crippen molar-refractivity contribution < 1.29 is 14.6 Å². The van der Waals surface area contributed by atoms with Crippen molar-refractivity contribution in [3.05, 3.63) is 182 Å². The molecule has 2 N–H and O–H groups in total. The molecule has 5 nitrogen and oxygen atoms in total. The second kappa shape index (κ2) is 14.5. The third-order valence-corrected chi connectivity index (χ3v) is 8.56. The van der Waals surface area contributed by atoms with Gasteiger partial charge in [-0.05, 0) is 95.7 Å². The van der Waals surface area contributed by atoms with Crippen molar-refractivity contribution in [1.82, 2.24) is 4.90 Å². The van der Waals surface area contributed by atoms with Crippen LogP contribution in [0.1, 0.15) is 62.6 Å². The second-order valence-corrected chi connectivity index (χ2v) is 11.6. The van der Waals surface area contributed by atoms with E-state index in [1.165, 1.54) is 6.07 Å². The van der Waals surface area contributed by atoms with E-state index in [9.17, 15) is 19.5 Å². The fraction of sp³-hybridized carbons (Fsp3) is 0.231. The monoisotopic (exact) mass is 602 g/mol. The molecule has 230 valence electrons. The first-order valence-corrected chi connectivity index (χ1v) is 15.2. The number of hydrogen-bond donors (Lipinski definition) is 2. The van der Waals surface area contributed by atoms with Gasteiger partial charge in [-0.3, -0.25) is 0 Å². The molecule has 0 fully saturated rings. The molecular formula is C39H39FN2O3. The maximum absolute atomic E-state index is 14.9. The third-order valence-electron chi connectivity index (χ3n) is 8.56. The maximum Gasteiger partial charge on any atom is 0.126 e. The predicted molar refractivity (Wildman–Crippen MR) is 178 cm³/mol. The smallest absolute Gasteiger partial charge is 0.126 e. The maximum atomic E-state index is 14.9. The van der Waals surface area contributed by atoms with E-state index in [2.05, 4.69) is 10.1 Å². The molecule has 0 heterocycles. The number of benzene rings is 5. The van der Waals surface area contributed by atoms with Gasteiger partial charge < -0.3 is 15.1 Å². The number of halogens is 1. The van der Waals surface area contributed by atoms with Crippen LogP contribution in [0.25, 0.3) is 0 Å². The Morgan fingerprint density at radius 1 is 0.778 bits per heavy atom. The van der Waals surface area contributed by atoms with Crippen LogP contribution in [-0.2, 0) is 25.0 Å². The van der Waals surface area contributed by atoms with E-state index in [0.29, 0.717) is 39.8 Å². The van der Waals surface area contributed by atoms with Gasteiger partial charge >= 0.3 is 0 Å². The van der Waals surface area contributed by atoms with E-state index in [-0.39, 0.29) is 12.4 Å². The topological polar surface area (TPSA) is 73.1 Å². The highest BCUT2D eigenvalue weighted by Crippen LogP contribution is 2.49. The van der Waals surface area contributed by atoms with Crippen LogP contribution in [0, 0.1) is 10.7 Å². The fourth-order valence-corrected chi connectivity index (χ4v) is 6.53. The van der Waals surface area contributed by atoms with E-state index in [1.54, 1.807) is 18.2 Å². The molecule has 0 bridgehead atoms. The van der Waals surface area contributed by atoms with Crippen molar-refractivity contribution in [3.63, 3.8) is 0 Å². The van der Waals surface area contributed by atoms with Crippen molar-refractivity contribution in [2.45, 2.75) is 37.5 Å². The van der Waals surface area contributed by atoms with Crippen LogP contribution in [-0.4, -0.2) is 35.8 Å². The highest BCUT2D eigenvalue weighted by atomic mass is 19.1. The zero-order chi connectivity index (χ0) is 31.8. The summed E-state index contributed by atoms with van der Waals surface area (Å²) < 4.78 is 14.9. The van der Waals surface area contributed by atoms with Crippen molar-refractivity contribution >= 4 is 0 Å². The van der Waals surface area contributed by atoms with Crippen LogP contribution in [0.15, 0.2) is 127 Å². The van der Waals surface area contributed by atoms with E-state index in [4.69, 9.17) is 0 Å². The van der Waals surface area contributed by atoms with Gasteiger partial charge in [-0.2, -0.15) is 4.91 Å². The summed E-state index contributed by atoms with van der Waals surface area (Å²) in [5.74, 6) is -0.309. The number of aliphatic hydroxyl groups excluding tert-OH is 2. The molecule has 5 aromatic rings. The molecule has 0 aliphatic rings. The molecule has 1 atom stereocenters. The molecule has 0 aliphatic heterocycles. The van der Waals surface area contributed by atoms with Crippen LogP contribution in [0.3, 0.4) is 0 Å². The summed E-state index contributed by atoms with van der Waals surface area (Å²) in [7, 11) is 3.96. The number of hydrogen-bond acceptors (Lipinski definition) is 5. The van der Waals surface area contributed by atoms with Crippen molar-refractivity contribution in [2.75, 3.05) is 20.6 Å². The Hall–Kier alpha value is -4.49. The van der Waals surface area contributed by atoms with Gasteiger partial charge in [-0.1, -0.05) is 114 Å². The molecule has 0 saturated carbocycles. The van der Waals surface area contributed by atoms with Crippen LogP contribution in [0.5, 0.6) is 0 Å². The van der Waals surface area contributed by atoms with E-state index < -0.39 is 18.1 Å². The lowest BCUT2D eigenvalue weighted by Gasteiger charge is -2.40. The first kappa shape index (κ1) is 31.9. The molecule has 0 saturated heterocycles. The molecule has 6 heteroatoms. The highest BCUT2D eigenvalue weighted by Gasteiger charge is 2.42. The zero-order valence-electron chi connectivity index (χ0n) is 25.7. The summed E-state index contributed by atoms with van der Waals surface area (Å²) in [6.45, 7) is 0.288. The van der Waals surface area contributed by atoms with Gasteiger partial charge in [-0.15, -0.1) is 0 Å². The lowest BCUT2D eigenvalue weighted by atomic mass is 9.62. The van der Waals surface area contributed by atoms with Gasteiger partial charge in [0.15, 0.2) is 0 Å². The zero-order valence-corrected chi connectivity index (χ0v) is 25.7. The molecule has 0 amide bonds. The Labute approximate surface area is 264 Å². The molecule has 5 aromatic carbocycles. The molecule has 0 radical (unpaired) electrons. The summed E-state index contributed by atoms with van der Waals surface area (Å²) in [6.07, 6.45) is 0.153. The highest BCUT2D eigenvalue weighted by molar-refractivity contribution is 5.65. The summed E-state index contributed by atoms with van der Waals surface area (Å²) in [5.41, 5.74) is 5.21. The molecule has 5 rings (SSSR count). The number of rotatable bonds is 13.